The third-order valence-corrected chi connectivity index (χ3v) is 5.12. The van der Waals surface area contributed by atoms with E-state index >= 15 is 0 Å². The van der Waals surface area contributed by atoms with E-state index in [1.807, 2.05) is 0 Å². The van der Waals surface area contributed by atoms with Crippen molar-refractivity contribution in [3.8, 4) is 0 Å². The van der Waals surface area contributed by atoms with Crippen LogP contribution in [0.3, 0.4) is 0 Å². The molecule has 9 N–H and O–H groups in total. The van der Waals surface area contributed by atoms with Crippen molar-refractivity contribution in [1.82, 2.24) is 14.9 Å². The zero-order valence-corrected chi connectivity index (χ0v) is 21.9. The smallest absolute Gasteiger partial charge is 0.480 e. The van der Waals surface area contributed by atoms with Crippen molar-refractivity contribution in [2.45, 2.75) is 68.8 Å². The highest BCUT2D eigenvalue weighted by Gasteiger charge is 2.43. The van der Waals surface area contributed by atoms with Crippen LogP contribution >= 0.6 is 0 Å². The summed E-state index contributed by atoms with van der Waals surface area (Å²) in [6, 6.07) is 0.266. The molecule has 0 unspecified atom stereocenters. The molecule has 1 saturated heterocycles. The Morgan fingerprint density at radius 1 is 1.00 bits per heavy atom. The molecule has 5 atom stereocenters. The zero-order valence-electron chi connectivity index (χ0n) is 21.9. The molecule has 0 bridgehead atoms. The van der Waals surface area contributed by atoms with Crippen molar-refractivity contribution >= 4 is 17.9 Å². The highest BCUT2D eigenvalue weighted by Crippen LogP contribution is 2.21. The molecule has 22 heteroatoms. The lowest BCUT2D eigenvalue weighted by molar-refractivity contribution is -0.193. The van der Waals surface area contributed by atoms with E-state index in [-0.39, 0.29) is 13.2 Å². The highest BCUT2D eigenvalue weighted by molar-refractivity contribution is 5.74. The van der Waals surface area contributed by atoms with Gasteiger partial charge in [0.15, 0.2) is 6.29 Å². The summed E-state index contributed by atoms with van der Waals surface area (Å²) in [6.45, 7) is 0.601. The molecular formula is C21H30F6N4O12. The van der Waals surface area contributed by atoms with Gasteiger partial charge in [-0.05, 0) is 19.4 Å². The Hall–Kier alpha value is -3.57. The second kappa shape index (κ2) is 18.2. The van der Waals surface area contributed by atoms with Gasteiger partial charge in [0, 0.05) is 25.4 Å². The summed E-state index contributed by atoms with van der Waals surface area (Å²) < 4.78 is 75.4. The first-order valence-corrected chi connectivity index (χ1v) is 11.9. The van der Waals surface area contributed by atoms with Gasteiger partial charge in [-0.25, -0.2) is 14.4 Å². The summed E-state index contributed by atoms with van der Waals surface area (Å²) in [7, 11) is 0. The minimum Gasteiger partial charge on any atom is -0.480 e. The fraction of sp³-hybridized carbons (Fsp3) is 0.667. The number of hydrogen-bond donors (Lipinski definition) is 8. The number of rotatable bonds is 12. The van der Waals surface area contributed by atoms with Crippen LogP contribution in [0.25, 0.3) is 0 Å². The SMILES string of the molecule is NC[C@H]1O[C@@H](OC[C@H](NCCCCCn2ccc(=O)[nH]c2=O)C(=O)O)[C@H](O)[C@@H]1O.O=C(O)C(F)(F)F.O=C(O)C(F)(F)F. The predicted octanol–water partition coefficient (Wildman–Crippen LogP) is -1.56. The number of aromatic amines is 1. The number of aliphatic hydroxyl groups is 2. The van der Waals surface area contributed by atoms with Gasteiger partial charge in [-0.1, -0.05) is 6.42 Å². The second-order valence-electron chi connectivity index (χ2n) is 8.41. The molecule has 0 aliphatic carbocycles. The fourth-order valence-electron chi connectivity index (χ4n) is 2.94. The van der Waals surface area contributed by atoms with E-state index in [4.69, 9.17) is 35.0 Å². The first kappa shape index (κ1) is 39.4. The van der Waals surface area contributed by atoms with Crippen molar-refractivity contribution < 1.29 is 75.7 Å². The molecule has 1 aliphatic heterocycles. The van der Waals surface area contributed by atoms with E-state index in [1.54, 1.807) is 0 Å². The van der Waals surface area contributed by atoms with Gasteiger partial charge in [-0.15, -0.1) is 0 Å². The topological polar surface area (TPSA) is 264 Å². The van der Waals surface area contributed by atoms with Gasteiger partial charge in [0.25, 0.3) is 5.56 Å². The number of nitrogens with one attached hydrogen (secondary N) is 2. The molecule has 43 heavy (non-hydrogen) atoms. The maximum atomic E-state index is 11.6. The van der Waals surface area contributed by atoms with E-state index in [0.29, 0.717) is 25.9 Å². The number of nitrogens with zero attached hydrogens (tertiary/aromatic N) is 1. The minimum absolute atomic E-state index is 0.00385. The first-order chi connectivity index (χ1) is 19.7. The maximum Gasteiger partial charge on any atom is 0.490 e. The van der Waals surface area contributed by atoms with Gasteiger partial charge in [0.1, 0.15) is 24.4 Å². The van der Waals surface area contributed by atoms with Crippen LogP contribution in [0.2, 0.25) is 0 Å². The monoisotopic (exact) mass is 644 g/mol. The number of aromatic nitrogens is 2. The fourth-order valence-corrected chi connectivity index (χ4v) is 2.94. The van der Waals surface area contributed by atoms with Crippen LogP contribution in [0.1, 0.15) is 19.3 Å². The molecule has 2 heterocycles. The van der Waals surface area contributed by atoms with Crippen LogP contribution in [0.15, 0.2) is 21.9 Å². The Balaban J connectivity index is 0.00000104. The van der Waals surface area contributed by atoms with Crippen molar-refractivity contribution in [2.75, 3.05) is 19.7 Å². The second-order valence-corrected chi connectivity index (χ2v) is 8.41. The standard InChI is InChI=1S/C17H28N4O8.2C2HF3O2/c18-8-11-13(23)14(24)16(29-11)28-9-10(15(25)26)19-5-2-1-3-6-21-7-4-12(22)20-17(21)27;2*3-2(4,5)1(6)7/h4,7,10-11,13-14,16,19,23-24H,1-3,5-6,8-9,18H2,(H,25,26)(H,20,22,27);2*(H,6,7)/t10-,11+,13+,14+,16+;;/m0../s1. The quantitative estimate of drug-likeness (QED) is 0.0945. The predicted molar refractivity (Wildman–Crippen MR) is 128 cm³/mol. The lowest BCUT2D eigenvalue weighted by Gasteiger charge is -2.19. The molecule has 0 saturated carbocycles. The van der Waals surface area contributed by atoms with Crippen LogP contribution < -0.4 is 22.3 Å². The molecule has 1 aromatic rings. The molecule has 1 aliphatic rings. The highest BCUT2D eigenvalue weighted by atomic mass is 19.4. The number of aryl methyl sites for hydroxylation is 1. The Morgan fingerprint density at radius 2 is 1.53 bits per heavy atom. The number of alkyl halides is 6. The lowest BCUT2D eigenvalue weighted by Crippen LogP contribution is -2.43. The molecular weight excluding hydrogens is 614 g/mol. The van der Waals surface area contributed by atoms with Gasteiger partial charge < -0.3 is 50.6 Å². The number of aliphatic hydroxyl groups excluding tert-OH is 2. The number of carbonyl (C=O) groups is 3. The molecule has 1 fully saturated rings. The normalized spacial score (nSPS) is 20.7. The number of aliphatic carboxylic acids is 3. The maximum absolute atomic E-state index is 11.6. The van der Waals surface area contributed by atoms with E-state index < -0.39 is 72.2 Å². The first-order valence-electron chi connectivity index (χ1n) is 11.9. The average Bonchev–Trinajstić information content (AvgIpc) is 3.16. The largest absolute Gasteiger partial charge is 0.490 e. The van der Waals surface area contributed by atoms with Gasteiger partial charge >= 0.3 is 36.0 Å². The van der Waals surface area contributed by atoms with Crippen molar-refractivity contribution in [2.24, 2.45) is 5.73 Å². The van der Waals surface area contributed by atoms with Crippen molar-refractivity contribution in [3.63, 3.8) is 0 Å². The Bertz CT molecular complexity index is 1120. The van der Waals surface area contributed by atoms with Gasteiger partial charge in [-0.3, -0.25) is 14.6 Å². The Labute approximate surface area is 236 Å². The molecule has 0 spiro atoms. The minimum atomic E-state index is -5.08. The van der Waals surface area contributed by atoms with E-state index in [1.165, 1.54) is 16.8 Å². The van der Waals surface area contributed by atoms with Crippen molar-refractivity contribution in [3.05, 3.63) is 33.1 Å². The molecule has 0 amide bonds. The van der Waals surface area contributed by atoms with Gasteiger partial charge in [0.05, 0.1) is 6.61 Å². The summed E-state index contributed by atoms with van der Waals surface area (Å²) in [5, 5.41) is 46.0. The number of H-pyrrole nitrogens is 1. The summed E-state index contributed by atoms with van der Waals surface area (Å²) in [4.78, 5) is 53.9. The lowest BCUT2D eigenvalue weighted by atomic mass is 10.1. The van der Waals surface area contributed by atoms with E-state index in [0.717, 1.165) is 6.42 Å². The van der Waals surface area contributed by atoms with Crippen LogP contribution in [0, 0.1) is 0 Å². The Kier molecular flexibility index (Phi) is 16.7. The summed E-state index contributed by atoms with van der Waals surface area (Å²) in [6.07, 6.45) is -11.0. The molecule has 248 valence electrons. The molecule has 16 nitrogen and oxygen atoms in total. The molecule has 1 aromatic heterocycles. The average molecular weight is 644 g/mol. The molecule has 0 radical (unpaired) electrons. The molecule has 0 aromatic carbocycles. The third kappa shape index (κ3) is 15.5. The zero-order chi connectivity index (χ0) is 33.5. The van der Waals surface area contributed by atoms with Gasteiger partial charge in [0.2, 0.25) is 0 Å². The number of halogens is 6. The molecule has 2 rings (SSSR count). The van der Waals surface area contributed by atoms with Crippen LogP contribution in [-0.2, 0) is 30.4 Å². The van der Waals surface area contributed by atoms with Crippen molar-refractivity contribution in [1.29, 1.82) is 0 Å². The van der Waals surface area contributed by atoms with Crippen LogP contribution in [0.4, 0.5) is 26.3 Å². The number of ether oxygens (including phenoxy) is 2. The summed E-state index contributed by atoms with van der Waals surface area (Å²) in [5.41, 5.74) is 4.51. The van der Waals surface area contributed by atoms with Crippen LogP contribution in [0.5, 0.6) is 0 Å². The number of nitrogens with two attached hydrogens (primary N) is 1. The third-order valence-electron chi connectivity index (χ3n) is 5.12. The number of carboxylic acid groups (broad SMARTS) is 3. The Morgan fingerprint density at radius 3 is 1.95 bits per heavy atom. The number of hydrogen-bond acceptors (Lipinski definition) is 11. The van der Waals surface area contributed by atoms with E-state index in [9.17, 15) is 56.0 Å². The summed E-state index contributed by atoms with van der Waals surface area (Å²) in [5.74, 6) is -6.63. The number of unbranched alkanes of at least 4 members (excludes halogenated alkanes) is 2. The number of carboxylic acids is 3. The van der Waals surface area contributed by atoms with Gasteiger partial charge in [-0.2, -0.15) is 26.3 Å². The van der Waals surface area contributed by atoms with Crippen LogP contribution in [-0.4, -0.2) is 116 Å². The van der Waals surface area contributed by atoms with E-state index in [2.05, 4.69) is 10.3 Å². The summed E-state index contributed by atoms with van der Waals surface area (Å²) >= 11 is 0.